The molecule has 1 aliphatic carbocycles. The summed E-state index contributed by atoms with van der Waals surface area (Å²) < 4.78 is 0. The third-order valence-corrected chi connectivity index (χ3v) is 2.69. The van der Waals surface area contributed by atoms with Gasteiger partial charge in [-0.25, -0.2) is 0 Å². The molecule has 2 aliphatic rings. The number of rotatable bonds is 0. The molecule has 9 heavy (non-hydrogen) atoms. The lowest BCUT2D eigenvalue weighted by Gasteiger charge is -2.25. The van der Waals surface area contributed by atoms with Gasteiger partial charge in [0.15, 0.2) is 0 Å². The summed E-state index contributed by atoms with van der Waals surface area (Å²) in [5.74, 6) is 1.15. The highest BCUT2D eigenvalue weighted by atomic mass is 16.3. The molecule has 2 rings (SSSR count). The summed E-state index contributed by atoms with van der Waals surface area (Å²) in [4.78, 5) is 0. The van der Waals surface area contributed by atoms with Gasteiger partial charge < -0.3 is 10.4 Å². The second-order valence-electron chi connectivity index (χ2n) is 3.25. The van der Waals surface area contributed by atoms with Crippen LogP contribution < -0.4 is 5.32 Å². The van der Waals surface area contributed by atoms with E-state index in [4.69, 9.17) is 0 Å². The van der Waals surface area contributed by atoms with Gasteiger partial charge in [0.25, 0.3) is 0 Å². The Morgan fingerprint density at radius 1 is 1.11 bits per heavy atom. The standard InChI is InChI=1S/C7H13NO/c9-7-5-1-2-6(7)4-8-3-5/h5-9H,1-4H2/t5-,6?,7?/m1/s1. The third-order valence-electron chi connectivity index (χ3n) is 2.69. The van der Waals surface area contributed by atoms with Gasteiger partial charge >= 0.3 is 0 Å². The fourth-order valence-electron chi connectivity index (χ4n) is 2.05. The van der Waals surface area contributed by atoms with Crippen molar-refractivity contribution in [3.63, 3.8) is 0 Å². The Morgan fingerprint density at radius 2 is 1.67 bits per heavy atom. The molecule has 3 atom stereocenters. The SMILES string of the molecule is OC1C2CC[C@@H]1CNC2. The molecule has 0 spiro atoms. The van der Waals surface area contributed by atoms with Gasteiger partial charge in [-0.15, -0.1) is 0 Å². The Labute approximate surface area is 55.3 Å². The Kier molecular flexibility index (Phi) is 1.24. The largest absolute Gasteiger partial charge is 0.392 e. The van der Waals surface area contributed by atoms with Crippen molar-refractivity contribution in [1.82, 2.24) is 5.32 Å². The first-order valence-electron chi connectivity index (χ1n) is 3.76. The fraction of sp³-hybridized carbons (Fsp3) is 1.00. The highest BCUT2D eigenvalue weighted by Gasteiger charge is 2.37. The minimum Gasteiger partial charge on any atom is -0.392 e. The zero-order chi connectivity index (χ0) is 6.27. The molecule has 1 saturated carbocycles. The molecule has 2 fully saturated rings. The molecular weight excluding hydrogens is 114 g/mol. The summed E-state index contributed by atoms with van der Waals surface area (Å²) in [5, 5.41) is 12.8. The van der Waals surface area contributed by atoms with Crippen molar-refractivity contribution in [1.29, 1.82) is 0 Å². The van der Waals surface area contributed by atoms with Crippen LogP contribution in [0.5, 0.6) is 0 Å². The van der Waals surface area contributed by atoms with Gasteiger partial charge in [-0.3, -0.25) is 0 Å². The number of aliphatic hydroxyl groups is 1. The van der Waals surface area contributed by atoms with E-state index >= 15 is 0 Å². The number of fused-ring (bicyclic) bond motifs is 2. The normalized spacial score (nSPS) is 49.7. The Morgan fingerprint density at radius 3 is 2.11 bits per heavy atom. The number of aliphatic hydroxyl groups excluding tert-OH is 1. The molecule has 0 aromatic carbocycles. The van der Waals surface area contributed by atoms with E-state index in [0.29, 0.717) is 11.8 Å². The molecule has 0 aromatic heterocycles. The van der Waals surface area contributed by atoms with Crippen LogP contribution in [0.25, 0.3) is 0 Å². The predicted octanol–water partition coefficient (Wildman–Crippen LogP) is -0.0233. The van der Waals surface area contributed by atoms with E-state index in [2.05, 4.69) is 5.32 Å². The molecule has 2 heteroatoms. The molecule has 0 radical (unpaired) electrons. The van der Waals surface area contributed by atoms with Crippen LogP contribution in [0.15, 0.2) is 0 Å². The van der Waals surface area contributed by atoms with Crippen molar-refractivity contribution in [2.75, 3.05) is 13.1 Å². The maximum Gasteiger partial charge on any atom is 0.0620 e. The lowest BCUT2D eigenvalue weighted by molar-refractivity contribution is 0.0700. The van der Waals surface area contributed by atoms with E-state index in [9.17, 15) is 5.11 Å². The minimum absolute atomic E-state index is 0.0197. The average molecular weight is 127 g/mol. The molecule has 0 aromatic rings. The molecule has 1 aliphatic heterocycles. The fourth-order valence-corrected chi connectivity index (χ4v) is 2.05. The summed E-state index contributed by atoms with van der Waals surface area (Å²) >= 11 is 0. The van der Waals surface area contributed by atoms with Crippen molar-refractivity contribution in [3.05, 3.63) is 0 Å². The zero-order valence-corrected chi connectivity index (χ0v) is 5.51. The van der Waals surface area contributed by atoms with E-state index in [1.165, 1.54) is 12.8 Å². The van der Waals surface area contributed by atoms with Gasteiger partial charge in [0, 0.05) is 13.1 Å². The smallest absolute Gasteiger partial charge is 0.0620 e. The van der Waals surface area contributed by atoms with Gasteiger partial charge in [0.05, 0.1) is 6.10 Å². The first-order valence-corrected chi connectivity index (χ1v) is 3.76. The second-order valence-corrected chi connectivity index (χ2v) is 3.25. The lowest BCUT2D eigenvalue weighted by atomic mass is 9.97. The molecular formula is C7H13NO. The van der Waals surface area contributed by atoms with Gasteiger partial charge in [-0.2, -0.15) is 0 Å². The molecule has 1 saturated heterocycles. The van der Waals surface area contributed by atoms with Crippen molar-refractivity contribution < 1.29 is 5.11 Å². The van der Waals surface area contributed by atoms with Crippen LogP contribution in [0.4, 0.5) is 0 Å². The Hall–Kier alpha value is -0.0800. The van der Waals surface area contributed by atoms with Crippen molar-refractivity contribution in [3.8, 4) is 0 Å². The van der Waals surface area contributed by atoms with E-state index in [0.717, 1.165) is 13.1 Å². The lowest BCUT2D eigenvalue weighted by Crippen LogP contribution is -2.41. The van der Waals surface area contributed by atoms with Crippen LogP contribution in [0, 0.1) is 11.8 Å². The van der Waals surface area contributed by atoms with Gasteiger partial charge in [0.1, 0.15) is 0 Å². The maximum absolute atomic E-state index is 9.47. The average Bonchev–Trinajstić information content (AvgIpc) is 2.19. The van der Waals surface area contributed by atoms with Crippen LogP contribution in [0.2, 0.25) is 0 Å². The third kappa shape index (κ3) is 0.775. The number of hydrogen-bond acceptors (Lipinski definition) is 2. The van der Waals surface area contributed by atoms with Crippen molar-refractivity contribution in [2.45, 2.75) is 18.9 Å². The van der Waals surface area contributed by atoms with E-state index in [1.807, 2.05) is 0 Å². The minimum atomic E-state index is 0.0197. The van der Waals surface area contributed by atoms with Crippen LogP contribution in [-0.2, 0) is 0 Å². The number of hydrogen-bond donors (Lipinski definition) is 2. The second kappa shape index (κ2) is 1.96. The van der Waals surface area contributed by atoms with Crippen LogP contribution in [-0.4, -0.2) is 24.3 Å². The van der Waals surface area contributed by atoms with Gasteiger partial charge in [-0.05, 0) is 24.7 Å². The molecule has 0 amide bonds. The summed E-state index contributed by atoms with van der Waals surface area (Å²) in [6, 6.07) is 0. The van der Waals surface area contributed by atoms with Crippen molar-refractivity contribution in [2.24, 2.45) is 11.8 Å². The van der Waals surface area contributed by atoms with Gasteiger partial charge in [-0.1, -0.05) is 0 Å². The molecule has 2 unspecified atom stereocenters. The summed E-state index contributed by atoms with van der Waals surface area (Å²) in [5.41, 5.74) is 0. The van der Waals surface area contributed by atoms with Gasteiger partial charge in [0.2, 0.25) is 0 Å². The van der Waals surface area contributed by atoms with Crippen LogP contribution in [0.1, 0.15) is 12.8 Å². The Bertz CT molecular complexity index is 99.5. The first-order chi connectivity index (χ1) is 4.38. The van der Waals surface area contributed by atoms with E-state index in [-0.39, 0.29) is 6.10 Å². The monoisotopic (exact) mass is 127 g/mol. The molecule has 52 valence electrons. The van der Waals surface area contributed by atoms with Crippen molar-refractivity contribution >= 4 is 0 Å². The zero-order valence-electron chi connectivity index (χ0n) is 5.51. The highest BCUT2D eigenvalue weighted by Crippen LogP contribution is 2.32. The first kappa shape index (κ1) is 5.69. The highest BCUT2D eigenvalue weighted by molar-refractivity contribution is 4.90. The summed E-state index contributed by atoms with van der Waals surface area (Å²) in [7, 11) is 0. The number of piperidine rings is 1. The quantitative estimate of drug-likeness (QED) is 0.479. The summed E-state index contributed by atoms with van der Waals surface area (Å²) in [6.07, 6.45) is 2.49. The molecule has 2 nitrogen and oxygen atoms in total. The maximum atomic E-state index is 9.47. The van der Waals surface area contributed by atoms with E-state index < -0.39 is 0 Å². The van der Waals surface area contributed by atoms with Crippen LogP contribution >= 0.6 is 0 Å². The Balaban J connectivity index is 2.10. The number of nitrogens with one attached hydrogen (secondary N) is 1. The summed E-state index contributed by atoms with van der Waals surface area (Å²) in [6.45, 7) is 2.08. The molecule has 2 N–H and O–H groups in total. The van der Waals surface area contributed by atoms with E-state index in [1.54, 1.807) is 0 Å². The van der Waals surface area contributed by atoms with Crippen LogP contribution in [0.3, 0.4) is 0 Å². The predicted molar refractivity (Wildman–Crippen MR) is 35.1 cm³/mol. The molecule has 2 bridgehead atoms. The molecule has 1 heterocycles. The topological polar surface area (TPSA) is 32.3 Å².